The van der Waals surface area contributed by atoms with Crippen LogP contribution in [0.25, 0.3) is 0 Å². The fourth-order valence-corrected chi connectivity index (χ4v) is 3.17. The van der Waals surface area contributed by atoms with Crippen molar-refractivity contribution < 1.29 is 18.3 Å². The molecule has 0 unspecified atom stereocenters. The minimum absolute atomic E-state index is 0.0143. The Balaban J connectivity index is 3.09. The second kappa shape index (κ2) is 8.75. The van der Waals surface area contributed by atoms with Crippen LogP contribution in [0.15, 0.2) is 23.1 Å². The summed E-state index contributed by atoms with van der Waals surface area (Å²) in [5, 5.41) is 12.1. The van der Waals surface area contributed by atoms with Crippen molar-refractivity contribution in [3.8, 4) is 0 Å². The summed E-state index contributed by atoms with van der Waals surface area (Å²) in [7, 11) is -3.73. The highest BCUT2D eigenvalue weighted by Gasteiger charge is 2.20. The fourth-order valence-electron chi connectivity index (χ4n) is 1.88. The predicted molar refractivity (Wildman–Crippen MR) is 86.9 cm³/mol. The summed E-state index contributed by atoms with van der Waals surface area (Å²) in [4.78, 5) is 11.1. The van der Waals surface area contributed by atoms with Gasteiger partial charge in [0.1, 0.15) is 4.90 Å². The van der Waals surface area contributed by atoms with Gasteiger partial charge < -0.3 is 10.4 Å². The lowest BCUT2D eigenvalue weighted by molar-refractivity contribution is 0.0696. The van der Waals surface area contributed by atoms with Crippen LogP contribution in [-0.2, 0) is 10.0 Å². The van der Waals surface area contributed by atoms with Crippen LogP contribution in [0.4, 0.5) is 5.69 Å². The second-order valence-corrected chi connectivity index (χ2v) is 6.78. The lowest BCUT2D eigenvalue weighted by Crippen LogP contribution is -2.26. The molecule has 1 aromatic carbocycles. The molecule has 0 radical (unpaired) electrons. The monoisotopic (exact) mass is 328 g/mol. The molecule has 0 spiro atoms. The third-order valence-corrected chi connectivity index (χ3v) is 4.69. The molecule has 1 rings (SSSR count). The number of unbranched alkanes of at least 4 members (excludes halogenated alkanes) is 2. The van der Waals surface area contributed by atoms with E-state index in [1.165, 1.54) is 18.2 Å². The Morgan fingerprint density at radius 2 is 1.77 bits per heavy atom. The molecule has 7 heteroatoms. The van der Waals surface area contributed by atoms with Crippen LogP contribution in [0.2, 0.25) is 0 Å². The Kier molecular flexibility index (Phi) is 7.34. The van der Waals surface area contributed by atoms with Crippen molar-refractivity contribution in [2.24, 2.45) is 0 Å². The van der Waals surface area contributed by atoms with E-state index in [1.54, 1.807) is 0 Å². The van der Waals surface area contributed by atoms with Gasteiger partial charge in [-0.05, 0) is 31.0 Å². The van der Waals surface area contributed by atoms with Crippen LogP contribution in [0.5, 0.6) is 0 Å². The normalized spacial score (nSPS) is 11.4. The van der Waals surface area contributed by atoms with Gasteiger partial charge in [0, 0.05) is 13.1 Å². The van der Waals surface area contributed by atoms with Crippen molar-refractivity contribution in [2.45, 2.75) is 44.4 Å². The number of aromatic carboxylic acids is 1. The lowest BCUT2D eigenvalue weighted by Gasteiger charge is -2.14. The first-order chi connectivity index (χ1) is 10.4. The molecule has 0 amide bonds. The van der Waals surface area contributed by atoms with Gasteiger partial charge in [-0.1, -0.05) is 26.7 Å². The number of anilines is 1. The third-order valence-electron chi connectivity index (χ3n) is 3.19. The van der Waals surface area contributed by atoms with E-state index in [2.05, 4.69) is 10.0 Å². The number of nitrogens with one attached hydrogen (secondary N) is 2. The average molecular weight is 328 g/mol. The number of sulfonamides is 1. The average Bonchev–Trinajstić information content (AvgIpc) is 2.47. The molecule has 0 bridgehead atoms. The summed E-state index contributed by atoms with van der Waals surface area (Å²) < 4.78 is 27.3. The zero-order chi connectivity index (χ0) is 16.6. The minimum Gasteiger partial charge on any atom is -0.478 e. The van der Waals surface area contributed by atoms with Crippen molar-refractivity contribution in [3.05, 3.63) is 23.8 Å². The number of rotatable bonds is 10. The maximum absolute atomic E-state index is 12.4. The molecule has 124 valence electrons. The van der Waals surface area contributed by atoms with E-state index in [0.29, 0.717) is 18.8 Å². The van der Waals surface area contributed by atoms with E-state index < -0.39 is 16.0 Å². The third kappa shape index (κ3) is 5.31. The Hall–Kier alpha value is -1.60. The standard InChI is InChI=1S/C15H24N2O4S/c1-3-5-9-16-13-8-7-12(15(18)19)11-14(13)22(20,21)17-10-6-4-2/h7-8,11,16-17H,3-6,9-10H2,1-2H3,(H,18,19). The van der Waals surface area contributed by atoms with Crippen molar-refractivity contribution in [2.75, 3.05) is 18.4 Å². The molecule has 0 aliphatic carbocycles. The Morgan fingerprint density at radius 3 is 2.36 bits per heavy atom. The summed E-state index contributed by atoms with van der Waals surface area (Å²) in [6.45, 7) is 4.99. The molecular weight excluding hydrogens is 304 g/mol. The van der Waals surface area contributed by atoms with Gasteiger partial charge >= 0.3 is 5.97 Å². The van der Waals surface area contributed by atoms with Gasteiger partial charge in [-0.3, -0.25) is 0 Å². The van der Waals surface area contributed by atoms with Crippen molar-refractivity contribution in [1.29, 1.82) is 0 Å². The van der Waals surface area contributed by atoms with Gasteiger partial charge in [0.05, 0.1) is 11.3 Å². The van der Waals surface area contributed by atoms with Crippen LogP contribution in [0.3, 0.4) is 0 Å². The van der Waals surface area contributed by atoms with E-state index in [1.807, 2.05) is 13.8 Å². The van der Waals surface area contributed by atoms with E-state index in [9.17, 15) is 13.2 Å². The number of benzene rings is 1. The summed E-state index contributed by atoms with van der Waals surface area (Å²) in [6, 6.07) is 4.11. The minimum atomic E-state index is -3.73. The maximum atomic E-state index is 12.4. The lowest BCUT2D eigenvalue weighted by atomic mass is 10.2. The van der Waals surface area contributed by atoms with Crippen LogP contribution < -0.4 is 10.0 Å². The zero-order valence-electron chi connectivity index (χ0n) is 13.1. The van der Waals surface area contributed by atoms with Gasteiger partial charge in [-0.25, -0.2) is 17.9 Å². The maximum Gasteiger partial charge on any atom is 0.335 e. The SMILES string of the molecule is CCCCNc1ccc(C(=O)O)cc1S(=O)(=O)NCCCC. The Labute approximate surface area is 132 Å². The molecule has 3 N–H and O–H groups in total. The number of hydrogen-bond acceptors (Lipinski definition) is 4. The zero-order valence-corrected chi connectivity index (χ0v) is 13.9. The van der Waals surface area contributed by atoms with Gasteiger partial charge in [-0.15, -0.1) is 0 Å². The van der Waals surface area contributed by atoms with Gasteiger partial charge in [0.15, 0.2) is 0 Å². The quantitative estimate of drug-likeness (QED) is 0.574. The second-order valence-electron chi connectivity index (χ2n) is 5.05. The molecule has 0 aromatic heterocycles. The number of hydrogen-bond donors (Lipinski definition) is 3. The summed E-state index contributed by atoms with van der Waals surface area (Å²) >= 11 is 0. The molecule has 0 aliphatic heterocycles. The molecule has 0 fully saturated rings. The van der Waals surface area contributed by atoms with Gasteiger partial charge in [-0.2, -0.15) is 0 Å². The highest BCUT2D eigenvalue weighted by atomic mass is 32.2. The van der Waals surface area contributed by atoms with Crippen LogP contribution in [0, 0.1) is 0 Å². The molecule has 0 atom stereocenters. The topological polar surface area (TPSA) is 95.5 Å². The molecule has 0 heterocycles. The first-order valence-corrected chi connectivity index (χ1v) is 9.01. The molecular formula is C15H24N2O4S. The van der Waals surface area contributed by atoms with Crippen molar-refractivity contribution in [1.82, 2.24) is 4.72 Å². The van der Waals surface area contributed by atoms with Crippen molar-refractivity contribution >= 4 is 21.7 Å². The predicted octanol–water partition coefficient (Wildman–Crippen LogP) is 2.68. The first kappa shape index (κ1) is 18.4. The van der Waals surface area contributed by atoms with E-state index >= 15 is 0 Å². The highest BCUT2D eigenvalue weighted by Crippen LogP contribution is 2.23. The molecule has 1 aromatic rings. The number of carboxylic acids is 1. The molecule has 0 aliphatic rings. The summed E-state index contributed by atoms with van der Waals surface area (Å²) in [5.41, 5.74) is 0.388. The number of carbonyl (C=O) groups is 1. The fraction of sp³-hybridized carbons (Fsp3) is 0.533. The van der Waals surface area contributed by atoms with Gasteiger partial charge in [0.25, 0.3) is 0 Å². The van der Waals surface area contributed by atoms with E-state index in [0.717, 1.165) is 25.7 Å². The van der Waals surface area contributed by atoms with Crippen molar-refractivity contribution in [3.63, 3.8) is 0 Å². The van der Waals surface area contributed by atoms with E-state index in [-0.39, 0.29) is 10.5 Å². The van der Waals surface area contributed by atoms with Crippen LogP contribution in [-0.4, -0.2) is 32.6 Å². The molecule has 0 saturated heterocycles. The van der Waals surface area contributed by atoms with Crippen LogP contribution in [0.1, 0.15) is 49.9 Å². The largest absolute Gasteiger partial charge is 0.478 e. The molecule has 0 saturated carbocycles. The van der Waals surface area contributed by atoms with Gasteiger partial charge in [0.2, 0.25) is 10.0 Å². The highest BCUT2D eigenvalue weighted by molar-refractivity contribution is 7.89. The summed E-state index contributed by atoms with van der Waals surface area (Å²) in [5.74, 6) is -1.15. The molecule has 6 nitrogen and oxygen atoms in total. The number of carboxylic acid groups (broad SMARTS) is 1. The van der Waals surface area contributed by atoms with E-state index in [4.69, 9.17) is 5.11 Å². The Morgan fingerprint density at radius 1 is 1.14 bits per heavy atom. The van der Waals surface area contributed by atoms with Crippen LogP contribution >= 0.6 is 0 Å². The smallest absolute Gasteiger partial charge is 0.335 e. The first-order valence-electron chi connectivity index (χ1n) is 7.53. The Bertz CT molecular complexity index is 600. The molecule has 22 heavy (non-hydrogen) atoms. The summed E-state index contributed by atoms with van der Waals surface area (Å²) in [6.07, 6.45) is 3.50.